The molecule has 1 rings (SSSR count). The summed E-state index contributed by atoms with van der Waals surface area (Å²) in [6.45, 7) is 10.6. The molecule has 0 bridgehead atoms. The normalized spacial score (nSPS) is 12.3. The van der Waals surface area contributed by atoms with E-state index in [2.05, 4.69) is 43.1 Å². The van der Waals surface area contributed by atoms with E-state index in [9.17, 15) is 24.3 Å². The van der Waals surface area contributed by atoms with Gasteiger partial charge < -0.3 is 39.0 Å². The van der Waals surface area contributed by atoms with E-state index in [0.717, 1.165) is 58.2 Å². The van der Waals surface area contributed by atoms with Crippen molar-refractivity contribution in [2.24, 2.45) is 5.41 Å². The molecule has 1 amide bonds. The van der Waals surface area contributed by atoms with Crippen LogP contribution in [0, 0.1) is 5.41 Å². The summed E-state index contributed by atoms with van der Waals surface area (Å²) in [6.07, 6.45) is 18.3. The molecule has 0 saturated heterocycles. The minimum Gasteiger partial charge on any atom is -0.508 e. The van der Waals surface area contributed by atoms with Crippen molar-refractivity contribution in [3.63, 3.8) is 0 Å². The Morgan fingerprint density at radius 1 is 0.745 bits per heavy atom. The lowest BCUT2D eigenvalue weighted by Gasteiger charge is -2.26. The van der Waals surface area contributed by atoms with E-state index in [1.54, 1.807) is 0 Å². The van der Waals surface area contributed by atoms with Gasteiger partial charge in [0.1, 0.15) is 43.3 Å². The molecule has 0 aliphatic heterocycles. The number of alkyl carbamates (subject to hydrolysis) is 1. The number of rotatable bonds is 33. The monoisotopic (exact) mass is 812 g/mol. The van der Waals surface area contributed by atoms with Gasteiger partial charge in [-0.25, -0.2) is 9.59 Å². The zero-order valence-corrected chi connectivity index (χ0v) is 35.5. The summed E-state index contributed by atoms with van der Waals surface area (Å²) in [5, 5.41) is 12.2. The number of phenolic OH excluding ortho intramolecular Hbond substituents is 1. The summed E-state index contributed by atoms with van der Waals surface area (Å²) in [5.41, 5.74) is -1.48. The molecule has 0 radical (unpaired) electrons. The van der Waals surface area contributed by atoms with E-state index < -0.39 is 36.2 Å². The minimum absolute atomic E-state index is 0.00815. The van der Waals surface area contributed by atoms with Crippen LogP contribution in [-0.2, 0) is 28.5 Å². The van der Waals surface area contributed by atoms with E-state index in [-0.39, 0.29) is 37.7 Å². The molecule has 314 valence electrons. The van der Waals surface area contributed by atoms with Gasteiger partial charge >= 0.3 is 24.2 Å². The number of benzene rings is 1. The van der Waals surface area contributed by atoms with Crippen LogP contribution in [0.25, 0.3) is 0 Å². The molecule has 0 aromatic heterocycles. The Labute approximate surface area is 337 Å². The van der Waals surface area contributed by atoms with Gasteiger partial charge in [0.05, 0.1) is 0 Å². The number of nitrogens with one attached hydrogen (secondary N) is 1. The highest BCUT2D eigenvalue weighted by Gasteiger charge is 2.39. The number of unbranched alkanes of at least 4 members (excludes halogenated alkanes) is 11. The van der Waals surface area contributed by atoms with Crippen LogP contribution in [-0.4, -0.2) is 98.3 Å². The third-order valence-corrected chi connectivity index (χ3v) is 11.0. The Balaban J connectivity index is 2.40. The molecule has 1 aromatic carbocycles. The van der Waals surface area contributed by atoms with E-state index >= 15 is 0 Å². The second-order valence-electron chi connectivity index (χ2n) is 13.6. The molecule has 1 unspecified atom stereocenters. The lowest BCUT2D eigenvalue weighted by Crippen LogP contribution is -2.41. The van der Waals surface area contributed by atoms with Gasteiger partial charge in [-0.2, -0.15) is 0 Å². The standard InChI is InChI=1S/C41H68N2O10S2/c1-5-8-9-10-11-12-13-14-15-16-17-18-19-20-21-22-37(45)51-33-41(4,34-52-40(48)53-36-25-23-35(44)24-26-36)38(46)49-29-31-54-55-32-30-50-39(47)42-27-28-43(6-2)7-3/h14-15,23-26,44H,5-13,16-22,27-34H2,1-4H3,(H,42,47)/b15-14-. The number of hydrogen-bond acceptors (Lipinski definition) is 13. The summed E-state index contributed by atoms with van der Waals surface area (Å²) in [5.74, 6) is 0.0533. The summed E-state index contributed by atoms with van der Waals surface area (Å²) < 4.78 is 26.5. The highest BCUT2D eigenvalue weighted by Crippen LogP contribution is 2.24. The van der Waals surface area contributed by atoms with Crippen LogP contribution in [0.1, 0.15) is 118 Å². The van der Waals surface area contributed by atoms with Crippen molar-refractivity contribution in [3.05, 3.63) is 36.4 Å². The molecular weight excluding hydrogens is 745 g/mol. The number of phenols is 1. The van der Waals surface area contributed by atoms with Gasteiger partial charge in [-0.3, -0.25) is 9.59 Å². The third-order valence-electron chi connectivity index (χ3n) is 8.71. The van der Waals surface area contributed by atoms with Crippen LogP contribution in [0.3, 0.4) is 0 Å². The lowest BCUT2D eigenvalue weighted by molar-refractivity contribution is -0.165. The molecular formula is C41H68N2O10S2. The van der Waals surface area contributed by atoms with Crippen molar-refractivity contribution >= 4 is 45.8 Å². The average Bonchev–Trinajstić information content (AvgIpc) is 3.18. The van der Waals surface area contributed by atoms with Crippen LogP contribution in [0.2, 0.25) is 0 Å². The Bertz CT molecular complexity index is 1200. The number of nitrogens with zero attached hydrogens (tertiary/aromatic N) is 1. The topological polar surface area (TPSA) is 150 Å². The predicted molar refractivity (Wildman–Crippen MR) is 222 cm³/mol. The number of carbonyl (C=O) groups excluding carboxylic acids is 4. The molecule has 12 nitrogen and oxygen atoms in total. The van der Waals surface area contributed by atoms with Gasteiger partial charge in [0, 0.05) is 31.0 Å². The number of aromatic hydroxyl groups is 1. The fourth-order valence-electron chi connectivity index (χ4n) is 5.21. The Hall–Kier alpha value is -3.10. The number of carbonyl (C=O) groups is 4. The highest BCUT2D eigenvalue weighted by atomic mass is 33.1. The smallest absolute Gasteiger partial charge is 0.508 e. The number of ether oxygens (including phenoxy) is 5. The first-order valence-corrected chi connectivity index (χ1v) is 22.6. The molecule has 55 heavy (non-hydrogen) atoms. The number of esters is 2. The predicted octanol–water partition coefficient (Wildman–Crippen LogP) is 9.49. The van der Waals surface area contributed by atoms with Crippen molar-refractivity contribution < 1.29 is 48.0 Å². The number of amides is 1. The quantitative estimate of drug-likeness (QED) is 0.0173. The molecule has 0 heterocycles. The van der Waals surface area contributed by atoms with E-state index in [1.165, 1.54) is 91.3 Å². The van der Waals surface area contributed by atoms with E-state index in [1.807, 2.05) is 0 Å². The van der Waals surface area contributed by atoms with Crippen molar-refractivity contribution in [2.45, 2.75) is 118 Å². The number of allylic oxidation sites excluding steroid dienone is 2. The van der Waals surface area contributed by atoms with Crippen LogP contribution < -0.4 is 10.1 Å². The molecule has 0 fully saturated rings. The Morgan fingerprint density at radius 2 is 1.31 bits per heavy atom. The molecule has 1 atom stereocenters. The number of likely N-dealkylation sites (N-methyl/N-ethyl adjacent to an activating group) is 1. The summed E-state index contributed by atoms with van der Waals surface area (Å²) in [4.78, 5) is 52.3. The van der Waals surface area contributed by atoms with Crippen LogP contribution in [0.5, 0.6) is 11.5 Å². The van der Waals surface area contributed by atoms with Crippen LogP contribution >= 0.6 is 21.6 Å². The van der Waals surface area contributed by atoms with E-state index in [0.29, 0.717) is 24.5 Å². The maximum atomic E-state index is 13.2. The maximum absolute atomic E-state index is 13.2. The highest BCUT2D eigenvalue weighted by molar-refractivity contribution is 8.76. The van der Waals surface area contributed by atoms with Gasteiger partial charge in [-0.05, 0) is 76.4 Å². The Kier molecular flexibility index (Phi) is 30.0. The SMILES string of the molecule is CCCCCCCC/C=C\CCCCCCCC(=O)OCC(C)(COC(=O)Oc1ccc(O)cc1)C(=O)OCCSSCCOC(=O)NCCN(CC)CC. The van der Waals surface area contributed by atoms with Crippen molar-refractivity contribution in [3.8, 4) is 11.5 Å². The van der Waals surface area contributed by atoms with E-state index in [4.69, 9.17) is 23.7 Å². The fourth-order valence-corrected chi connectivity index (χ4v) is 6.86. The van der Waals surface area contributed by atoms with Crippen LogP contribution in [0.4, 0.5) is 9.59 Å². The zero-order valence-electron chi connectivity index (χ0n) is 33.8. The van der Waals surface area contributed by atoms with Crippen LogP contribution in [0.15, 0.2) is 36.4 Å². The van der Waals surface area contributed by atoms with Gasteiger partial charge in [0.2, 0.25) is 0 Å². The van der Waals surface area contributed by atoms with Gasteiger partial charge in [-0.1, -0.05) is 106 Å². The van der Waals surface area contributed by atoms with Crippen molar-refractivity contribution in [1.29, 1.82) is 0 Å². The van der Waals surface area contributed by atoms with Gasteiger partial charge in [-0.15, -0.1) is 0 Å². The summed E-state index contributed by atoms with van der Waals surface area (Å²) in [7, 11) is 2.94. The third kappa shape index (κ3) is 27.2. The van der Waals surface area contributed by atoms with Gasteiger partial charge in [0.15, 0.2) is 0 Å². The number of hydrogen-bond donors (Lipinski definition) is 2. The first-order valence-electron chi connectivity index (χ1n) is 20.1. The molecule has 1 aromatic rings. The molecule has 0 saturated carbocycles. The Morgan fingerprint density at radius 3 is 1.93 bits per heavy atom. The van der Waals surface area contributed by atoms with Gasteiger partial charge in [0.25, 0.3) is 0 Å². The minimum atomic E-state index is -1.48. The summed E-state index contributed by atoms with van der Waals surface area (Å²) >= 11 is 0. The summed E-state index contributed by atoms with van der Waals surface area (Å²) in [6, 6.07) is 5.50. The maximum Gasteiger partial charge on any atom is 0.513 e. The van der Waals surface area contributed by atoms with Crippen molar-refractivity contribution in [1.82, 2.24) is 10.2 Å². The first-order chi connectivity index (χ1) is 26.6. The molecule has 0 aliphatic rings. The second kappa shape index (κ2) is 33.1. The molecule has 14 heteroatoms. The molecule has 0 spiro atoms. The fraction of sp³-hybridized carbons (Fsp3) is 0.707. The first kappa shape index (κ1) is 49.9. The average molecular weight is 813 g/mol. The second-order valence-corrected chi connectivity index (χ2v) is 16.3. The van der Waals surface area contributed by atoms with Crippen molar-refractivity contribution in [2.75, 3.05) is 64.1 Å². The largest absolute Gasteiger partial charge is 0.513 e. The lowest BCUT2D eigenvalue weighted by atomic mass is 9.93. The molecule has 2 N–H and O–H groups in total. The molecule has 0 aliphatic carbocycles. The zero-order chi connectivity index (χ0) is 40.4.